The van der Waals surface area contributed by atoms with Crippen LogP contribution in [0, 0.1) is 6.20 Å². The van der Waals surface area contributed by atoms with Gasteiger partial charge in [0.25, 0.3) is 0 Å². The second kappa shape index (κ2) is 5.17. The molecular weight excluding hydrogens is 280 g/mol. The second-order valence-corrected chi connectivity index (χ2v) is 4.39. The van der Waals surface area contributed by atoms with Gasteiger partial charge >= 0.3 is 0 Å². The Hall–Kier alpha value is -3.42. The fourth-order valence-corrected chi connectivity index (χ4v) is 2.03. The van der Waals surface area contributed by atoms with Gasteiger partial charge in [-0.1, -0.05) is 0 Å². The Morgan fingerprint density at radius 2 is 2.00 bits per heavy atom. The van der Waals surface area contributed by atoms with Crippen molar-refractivity contribution in [1.29, 1.82) is 0 Å². The molecule has 4 rings (SSSR count). The molecule has 0 unspecified atom stereocenters. The van der Waals surface area contributed by atoms with E-state index in [1.54, 1.807) is 30.9 Å². The summed E-state index contributed by atoms with van der Waals surface area (Å²) in [6.45, 7) is 0. The Morgan fingerprint density at radius 3 is 2.73 bits per heavy atom. The lowest BCUT2D eigenvalue weighted by molar-refractivity contribution is 1.02. The Balaban J connectivity index is 1.92. The summed E-state index contributed by atoms with van der Waals surface area (Å²) in [5.74, 6) is 0.593. The quantitative estimate of drug-likeness (QED) is 0.591. The van der Waals surface area contributed by atoms with Crippen molar-refractivity contribution in [3.8, 4) is 34.3 Å². The summed E-state index contributed by atoms with van der Waals surface area (Å²) >= 11 is 0. The average Bonchev–Trinajstić information content (AvgIpc) is 3.29. The van der Waals surface area contributed by atoms with Gasteiger partial charge in [-0.05, 0) is 18.2 Å². The van der Waals surface area contributed by atoms with Crippen LogP contribution in [0.1, 0.15) is 0 Å². The first-order chi connectivity index (χ1) is 10.9. The van der Waals surface area contributed by atoms with Gasteiger partial charge in [-0.25, -0.2) is 15.0 Å². The average molecular weight is 289 g/mol. The highest BCUT2D eigenvalue weighted by atomic mass is 15.1. The van der Waals surface area contributed by atoms with Crippen LogP contribution in [0.2, 0.25) is 0 Å². The van der Waals surface area contributed by atoms with Gasteiger partial charge in [0.2, 0.25) is 0 Å². The van der Waals surface area contributed by atoms with Crippen molar-refractivity contribution in [2.45, 2.75) is 0 Å². The maximum Gasteiger partial charge on any atom is 0.158 e. The Morgan fingerprint density at radius 1 is 1.00 bits per heavy atom. The highest BCUT2D eigenvalue weighted by Crippen LogP contribution is 2.27. The zero-order valence-electron chi connectivity index (χ0n) is 11.2. The van der Waals surface area contributed by atoms with Gasteiger partial charge in [-0.15, -0.1) is 5.10 Å². The molecule has 4 aromatic rings. The summed E-state index contributed by atoms with van der Waals surface area (Å²) < 4.78 is 0. The highest BCUT2D eigenvalue weighted by molar-refractivity contribution is 5.74. The molecule has 0 saturated heterocycles. The monoisotopic (exact) mass is 289 g/mol. The largest absolute Gasteiger partial charge is 0.343 e. The fourth-order valence-electron chi connectivity index (χ4n) is 2.03. The molecule has 8 heteroatoms. The third kappa shape index (κ3) is 2.12. The van der Waals surface area contributed by atoms with E-state index in [1.165, 1.54) is 0 Å². The summed E-state index contributed by atoms with van der Waals surface area (Å²) in [6.07, 6.45) is 9.57. The Bertz CT molecular complexity index is 869. The minimum Gasteiger partial charge on any atom is -0.343 e. The molecule has 4 aromatic heterocycles. The van der Waals surface area contributed by atoms with Gasteiger partial charge < -0.3 is 4.98 Å². The molecule has 0 spiro atoms. The molecule has 0 atom stereocenters. The van der Waals surface area contributed by atoms with Crippen molar-refractivity contribution >= 4 is 0 Å². The van der Waals surface area contributed by atoms with Crippen molar-refractivity contribution in [1.82, 2.24) is 40.3 Å². The summed E-state index contributed by atoms with van der Waals surface area (Å²) in [6, 6.07) is 5.42. The molecule has 0 saturated carbocycles. The number of rotatable bonds is 3. The molecule has 0 aliphatic heterocycles. The van der Waals surface area contributed by atoms with E-state index in [2.05, 4.69) is 46.5 Å². The van der Waals surface area contributed by atoms with E-state index < -0.39 is 0 Å². The summed E-state index contributed by atoms with van der Waals surface area (Å²) in [7, 11) is 0. The number of hydrogen-bond donors (Lipinski definition) is 2. The molecule has 22 heavy (non-hydrogen) atoms. The van der Waals surface area contributed by atoms with Crippen molar-refractivity contribution in [3.63, 3.8) is 0 Å². The summed E-state index contributed by atoms with van der Waals surface area (Å²) in [4.78, 5) is 16.1. The third-order valence-electron chi connectivity index (χ3n) is 3.00. The Labute approximate surface area is 124 Å². The predicted molar refractivity (Wildman–Crippen MR) is 77.1 cm³/mol. The van der Waals surface area contributed by atoms with Crippen LogP contribution in [0.5, 0.6) is 0 Å². The zero-order chi connectivity index (χ0) is 14.8. The number of aromatic amines is 2. The summed E-state index contributed by atoms with van der Waals surface area (Å²) in [5, 5.41) is 14.9. The molecule has 4 heterocycles. The molecule has 8 nitrogen and oxygen atoms in total. The number of aromatic nitrogens is 8. The molecule has 2 N–H and O–H groups in total. The van der Waals surface area contributed by atoms with E-state index in [4.69, 9.17) is 0 Å². The predicted octanol–water partition coefficient (Wildman–Crippen LogP) is 1.51. The smallest absolute Gasteiger partial charge is 0.158 e. The lowest BCUT2D eigenvalue weighted by Gasteiger charge is -2.06. The maximum absolute atomic E-state index is 4.57. The first-order valence-electron chi connectivity index (χ1n) is 6.49. The normalized spacial score (nSPS) is 10.7. The number of imidazole rings is 1. The van der Waals surface area contributed by atoms with Gasteiger partial charge in [-0.3, -0.25) is 5.10 Å². The van der Waals surface area contributed by atoms with Crippen LogP contribution in [0.4, 0.5) is 0 Å². The van der Waals surface area contributed by atoms with Crippen LogP contribution in [0.3, 0.4) is 0 Å². The van der Waals surface area contributed by atoms with Gasteiger partial charge in [0.15, 0.2) is 5.82 Å². The molecule has 0 fully saturated rings. The van der Waals surface area contributed by atoms with E-state index in [-0.39, 0.29) is 0 Å². The molecule has 1 radical (unpaired) electrons. The van der Waals surface area contributed by atoms with Crippen molar-refractivity contribution in [3.05, 3.63) is 49.2 Å². The zero-order valence-corrected chi connectivity index (χ0v) is 11.2. The first-order valence-corrected chi connectivity index (χ1v) is 6.49. The van der Waals surface area contributed by atoms with Crippen molar-refractivity contribution in [2.24, 2.45) is 0 Å². The second-order valence-electron chi connectivity index (χ2n) is 4.39. The highest BCUT2D eigenvalue weighted by Gasteiger charge is 2.16. The van der Waals surface area contributed by atoms with E-state index in [0.29, 0.717) is 34.3 Å². The third-order valence-corrected chi connectivity index (χ3v) is 3.00. The van der Waals surface area contributed by atoms with E-state index in [1.807, 2.05) is 12.1 Å². The lowest BCUT2D eigenvalue weighted by atomic mass is 10.1. The molecule has 0 aromatic carbocycles. The molecule has 0 amide bonds. The SMILES string of the molecule is [c]1nc(-c2cccnn2)c(-c2cc[nH]n2)nc1-c1ncc[nH]1. The first kappa shape index (κ1) is 12.3. The Kier molecular flexibility index (Phi) is 2.90. The standard InChI is InChI=1S/C14H9N8/c1-2-9(21-18-4-1)12-13(10-3-5-19-22-10)20-11(8-17-12)14-15-6-7-16-14/h1-7H,(H,15,16)(H,19,22). The minimum absolute atomic E-state index is 0.510. The number of nitrogens with one attached hydrogen (secondary N) is 2. The van der Waals surface area contributed by atoms with Crippen LogP contribution in [0.25, 0.3) is 34.3 Å². The minimum atomic E-state index is 0.510. The van der Waals surface area contributed by atoms with E-state index in [0.717, 1.165) is 0 Å². The fraction of sp³-hybridized carbons (Fsp3) is 0. The number of hydrogen-bond acceptors (Lipinski definition) is 6. The molecule has 0 bridgehead atoms. The van der Waals surface area contributed by atoms with Gasteiger partial charge in [0, 0.05) is 24.8 Å². The van der Waals surface area contributed by atoms with Crippen LogP contribution < -0.4 is 0 Å². The van der Waals surface area contributed by atoms with Crippen LogP contribution in [-0.2, 0) is 0 Å². The lowest BCUT2D eigenvalue weighted by Crippen LogP contribution is -1.99. The maximum atomic E-state index is 4.57. The molecule has 0 aliphatic rings. The number of H-pyrrole nitrogens is 2. The van der Waals surface area contributed by atoms with Crippen LogP contribution in [-0.4, -0.2) is 40.3 Å². The van der Waals surface area contributed by atoms with Crippen LogP contribution >= 0.6 is 0 Å². The van der Waals surface area contributed by atoms with Crippen LogP contribution in [0.15, 0.2) is 43.0 Å². The van der Waals surface area contributed by atoms with Crippen molar-refractivity contribution in [2.75, 3.05) is 0 Å². The van der Waals surface area contributed by atoms with E-state index >= 15 is 0 Å². The molecular formula is C14H9N8. The summed E-state index contributed by atoms with van der Waals surface area (Å²) in [5.41, 5.74) is 2.93. The molecule has 0 aliphatic carbocycles. The number of nitrogens with zero attached hydrogens (tertiary/aromatic N) is 6. The molecule has 105 valence electrons. The van der Waals surface area contributed by atoms with Gasteiger partial charge in [0.05, 0.1) is 0 Å². The van der Waals surface area contributed by atoms with E-state index in [9.17, 15) is 0 Å². The van der Waals surface area contributed by atoms with Crippen molar-refractivity contribution < 1.29 is 0 Å². The van der Waals surface area contributed by atoms with Gasteiger partial charge in [-0.2, -0.15) is 10.2 Å². The topological polar surface area (TPSA) is 109 Å². The van der Waals surface area contributed by atoms with Gasteiger partial charge in [0.1, 0.15) is 34.7 Å².